The number of likely N-dealkylation sites (tertiary alicyclic amines) is 1. The Morgan fingerprint density at radius 1 is 1.17 bits per heavy atom. The third-order valence-corrected chi connectivity index (χ3v) is 4.91. The van der Waals surface area contributed by atoms with Crippen LogP contribution in [0.5, 0.6) is 5.75 Å². The summed E-state index contributed by atoms with van der Waals surface area (Å²) in [5.41, 5.74) is 2.20. The molecule has 0 bridgehead atoms. The number of carboxylic acids is 1. The first kappa shape index (κ1) is 20.6. The fourth-order valence-electron chi connectivity index (χ4n) is 3.35. The van der Waals surface area contributed by atoms with Gasteiger partial charge in [0.15, 0.2) is 0 Å². The zero-order valence-electron chi connectivity index (χ0n) is 16.6. The third-order valence-electron chi connectivity index (χ3n) is 4.91. The highest BCUT2D eigenvalue weighted by Crippen LogP contribution is 2.20. The number of anilines is 1. The van der Waals surface area contributed by atoms with Crippen LogP contribution in [0.15, 0.2) is 48.5 Å². The van der Waals surface area contributed by atoms with Gasteiger partial charge in [0, 0.05) is 12.6 Å². The number of aromatic carboxylic acids is 1. The van der Waals surface area contributed by atoms with Crippen molar-refractivity contribution < 1.29 is 19.4 Å². The van der Waals surface area contributed by atoms with Crippen LogP contribution in [0.1, 0.15) is 34.3 Å². The number of rotatable bonds is 8. The minimum absolute atomic E-state index is 0.0560. The molecule has 1 aliphatic heterocycles. The Morgan fingerprint density at radius 3 is 2.66 bits per heavy atom. The van der Waals surface area contributed by atoms with E-state index in [4.69, 9.17) is 4.74 Å². The number of nitrogens with zero attached hydrogens (tertiary/aromatic N) is 1. The van der Waals surface area contributed by atoms with E-state index in [1.54, 1.807) is 24.3 Å². The molecule has 0 unspecified atom stereocenters. The molecule has 0 atom stereocenters. The monoisotopic (exact) mass is 394 g/mol. The number of hydrogen-bond donors (Lipinski definition) is 2. The summed E-state index contributed by atoms with van der Waals surface area (Å²) in [4.78, 5) is 25.8. The molecule has 6 heteroatoms. The third kappa shape index (κ3) is 5.93. The first-order valence-electron chi connectivity index (χ1n) is 9.80. The van der Waals surface area contributed by atoms with Gasteiger partial charge in [-0.1, -0.05) is 18.2 Å². The maximum atomic E-state index is 12.2. The number of hydrogen-bond acceptors (Lipinski definition) is 4. The van der Waals surface area contributed by atoms with Gasteiger partial charge < -0.3 is 15.2 Å². The Kier molecular flexibility index (Phi) is 7.03. The molecule has 6 nitrogen and oxygen atoms in total. The van der Waals surface area contributed by atoms with Crippen LogP contribution in [0.25, 0.3) is 6.08 Å². The molecular formula is C23H26N2O4. The summed E-state index contributed by atoms with van der Waals surface area (Å²) >= 11 is 0. The van der Waals surface area contributed by atoms with E-state index in [1.807, 2.05) is 25.1 Å². The summed E-state index contributed by atoms with van der Waals surface area (Å²) in [6, 6.07) is 12.1. The van der Waals surface area contributed by atoms with Gasteiger partial charge in [0.2, 0.25) is 5.91 Å². The van der Waals surface area contributed by atoms with Crippen molar-refractivity contribution in [2.24, 2.45) is 0 Å². The maximum Gasteiger partial charge on any atom is 0.337 e. The van der Waals surface area contributed by atoms with Crippen LogP contribution in [0.4, 0.5) is 5.69 Å². The molecule has 0 radical (unpaired) electrons. The molecule has 0 aromatic heterocycles. The lowest BCUT2D eigenvalue weighted by atomic mass is 10.1. The fraction of sp³-hybridized carbons (Fsp3) is 0.304. The largest absolute Gasteiger partial charge is 0.492 e. The number of carbonyl (C=O) groups is 2. The highest BCUT2D eigenvalue weighted by molar-refractivity contribution is 6.06. The predicted molar refractivity (Wildman–Crippen MR) is 113 cm³/mol. The normalized spacial score (nSPS) is 14.2. The first-order chi connectivity index (χ1) is 14.0. The van der Waals surface area contributed by atoms with Gasteiger partial charge in [-0.3, -0.25) is 9.69 Å². The van der Waals surface area contributed by atoms with Crippen molar-refractivity contribution in [2.75, 3.05) is 31.6 Å². The molecule has 2 N–H and O–H groups in total. The lowest BCUT2D eigenvalue weighted by Crippen LogP contribution is -2.25. The smallest absolute Gasteiger partial charge is 0.337 e. The van der Waals surface area contributed by atoms with E-state index in [2.05, 4.69) is 10.2 Å². The lowest BCUT2D eigenvalue weighted by molar-refractivity contribution is -0.111. The average molecular weight is 394 g/mol. The summed E-state index contributed by atoms with van der Waals surface area (Å²) in [7, 11) is 0. The summed E-state index contributed by atoms with van der Waals surface area (Å²) in [5.74, 6) is -0.621. The van der Waals surface area contributed by atoms with E-state index in [9.17, 15) is 14.7 Å². The number of aryl methyl sites for hydroxylation is 1. The number of carbonyl (C=O) groups excluding carboxylic acids is 1. The minimum atomic E-state index is -1.08. The summed E-state index contributed by atoms with van der Waals surface area (Å²) in [5, 5.41) is 11.8. The van der Waals surface area contributed by atoms with Crippen LogP contribution in [0, 0.1) is 6.92 Å². The second-order valence-electron chi connectivity index (χ2n) is 7.10. The Balaban J connectivity index is 1.55. The lowest BCUT2D eigenvalue weighted by Gasteiger charge is -2.16. The Hall–Kier alpha value is -3.12. The maximum absolute atomic E-state index is 12.2. The minimum Gasteiger partial charge on any atom is -0.492 e. The van der Waals surface area contributed by atoms with Crippen LogP contribution in [-0.2, 0) is 4.79 Å². The van der Waals surface area contributed by atoms with Crippen LogP contribution in [0.3, 0.4) is 0 Å². The number of nitrogens with one attached hydrogen (secondary N) is 1. The van der Waals surface area contributed by atoms with Crippen LogP contribution >= 0.6 is 0 Å². The van der Waals surface area contributed by atoms with E-state index in [0.29, 0.717) is 6.61 Å². The Labute approximate surface area is 170 Å². The van der Waals surface area contributed by atoms with Crippen molar-refractivity contribution in [3.63, 3.8) is 0 Å². The summed E-state index contributed by atoms with van der Waals surface area (Å²) in [6.07, 6.45) is 5.63. The summed E-state index contributed by atoms with van der Waals surface area (Å²) < 4.78 is 5.89. The van der Waals surface area contributed by atoms with Crippen LogP contribution in [-0.4, -0.2) is 48.1 Å². The number of carboxylic acid groups (broad SMARTS) is 1. The fourth-order valence-corrected chi connectivity index (χ4v) is 3.35. The van der Waals surface area contributed by atoms with Gasteiger partial charge in [-0.25, -0.2) is 4.79 Å². The summed E-state index contributed by atoms with van der Waals surface area (Å²) in [6.45, 7) is 5.91. The highest BCUT2D eigenvalue weighted by atomic mass is 16.5. The SMILES string of the molecule is Cc1cc(/C=C/C(=O)Nc2ccccc2C(=O)O)ccc1OCCN1CCCC1. The molecular weight excluding hydrogens is 368 g/mol. The Morgan fingerprint density at radius 2 is 1.93 bits per heavy atom. The van der Waals surface area contributed by atoms with Crippen LogP contribution < -0.4 is 10.1 Å². The second kappa shape index (κ2) is 9.89. The standard InChI is InChI=1S/C23H26N2O4/c1-17-16-18(8-10-21(17)29-15-14-25-12-4-5-13-25)9-11-22(26)24-20-7-3-2-6-19(20)23(27)28/h2-3,6-11,16H,4-5,12-15H2,1H3,(H,24,26)(H,27,28)/b11-9+. The van der Waals surface area contributed by atoms with E-state index >= 15 is 0 Å². The molecule has 1 heterocycles. The van der Waals surface area contributed by atoms with Gasteiger partial charge in [-0.2, -0.15) is 0 Å². The second-order valence-corrected chi connectivity index (χ2v) is 7.10. The van der Waals surface area contributed by atoms with E-state index < -0.39 is 5.97 Å². The van der Waals surface area contributed by atoms with Crippen molar-refractivity contribution in [1.82, 2.24) is 4.90 Å². The molecule has 0 saturated carbocycles. The molecule has 0 spiro atoms. The van der Waals surface area contributed by atoms with Crippen molar-refractivity contribution in [2.45, 2.75) is 19.8 Å². The number of para-hydroxylation sites is 1. The molecule has 1 amide bonds. The molecule has 2 aromatic carbocycles. The van der Waals surface area contributed by atoms with Crippen molar-refractivity contribution in [3.05, 3.63) is 65.2 Å². The quantitative estimate of drug-likeness (QED) is 0.666. The van der Waals surface area contributed by atoms with Gasteiger partial charge in [0.25, 0.3) is 0 Å². The van der Waals surface area contributed by atoms with Crippen molar-refractivity contribution >= 4 is 23.6 Å². The molecule has 152 valence electrons. The van der Waals surface area contributed by atoms with Crippen molar-refractivity contribution in [3.8, 4) is 5.75 Å². The van der Waals surface area contributed by atoms with Gasteiger partial charge in [0.05, 0.1) is 11.3 Å². The number of ether oxygens (including phenoxy) is 1. The molecule has 1 saturated heterocycles. The zero-order valence-corrected chi connectivity index (χ0v) is 16.6. The van der Waals surface area contributed by atoms with Gasteiger partial charge in [-0.05, 0) is 74.3 Å². The highest BCUT2D eigenvalue weighted by Gasteiger charge is 2.12. The first-order valence-corrected chi connectivity index (χ1v) is 9.80. The molecule has 29 heavy (non-hydrogen) atoms. The average Bonchev–Trinajstić information content (AvgIpc) is 3.21. The Bertz CT molecular complexity index is 902. The van der Waals surface area contributed by atoms with Crippen molar-refractivity contribution in [1.29, 1.82) is 0 Å². The zero-order chi connectivity index (χ0) is 20.6. The van der Waals surface area contributed by atoms with Gasteiger partial charge in [-0.15, -0.1) is 0 Å². The van der Waals surface area contributed by atoms with Gasteiger partial charge in [0.1, 0.15) is 12.4 Å². The van der Waals surface area contributed by atoms with E-state index in [-0.39, 0.29) is 17.2 Å². The number of amides is 1. The van der Waals surface area contributed by atoms with Gasteiger partial charge >= 0.3 is 5.97 Å². The molecule has 3 rings (SSSR count). The van der Waals surface area contributed by atoms with E-state index in [1.165, 1.54) is 25.0 Å². The molecule has 1 fully saturated rings. The number of benzene rings is 2. The van der Waals surface area contributed by atoms with E-state index in [0.717, 1.165) is 36.5 Å². The molecule has 2 aromatic rings. The topological polar surface area (TPSA) is 78.9 Å². The molecule has 1 aliphatic rings. The molecule has 0 aliphatic carbocycles. The van der Waals surface area contributed by atoms with Crippen LogP contribution in [0.2, 0.25) is 0 Å². The predicted octanol–water partition coefficient (Wildman–Crippen LogP) is 3.82.